The minimum Gasteiger partial charge on any atom is -0.334 e. The average molecular weight is 356 g/mol. The Labute approximate surface area is 151 Å². The van der Waals surface area contributed by atoms with Crippen LogP contribution < -0.4 is 11.1 Å². The minimum absolute atomic E-state index is 0.128. The summed E-state index contributed by atoms with van der Waals surface area (Å²) in [6, 6.07) is 6.29. The van der Waals surface area contributed by atoms with Crippen molar-refractivity contribution in [1.29, 1.82) is 0 Å². The van der Waals surface area contributed by atoms with E-state index < -0.39 is 5.56 Å². The summed E-state index contributed by atoms with van der Waals surface area (Å²) in [6.45, 7) is 7.02. The van der Waals surface area contributed by atoms with Crippen LogP contribution in [0.2, 0.25) is 0 Å². The molecule has 1 fully saturated rings. The maximum Gasteiger partial charge on any atom is 0.266 e. The van der Waals surface area contributed by atoms with Crippen molar-refractivity contribution in [2.24, 2.45) is 0 Å². The largest absolute Gasteiger partial charge is 0.334 e. The Hall–Kier alpha value is -2.70. The van der Waals surface area contributed by atoms with E-state index in [2.05, 4.69) is 10.1 Å². The van der Waals surface area contributed by atoms with Gasteiger partial charge in [0.2, 0.25) is 0 Å². The predicted octanol–water partition coefficient (Wildman–Crippen LogP) is 1.53. The highest BCUT2D eigenvalue weighted by molar-refractivity contribution is 5.94. The zero-order valence-electron chi connectivity index (χ0n) is 15.4. The number of likely N-dealkylation sites (tertiary alicyclic amines) is 1. The SMILES string of the molecule is CC(C)(C)c1ccc(=O)n(CC2CCCN2C(=O)c2ccc[nH]c2=O)n1. The van der Waals surface area contributed by atoms with E-state index in [1.54, 1.807) is 17.0 Å². The quantitative estimate of drug-likeness (QED) is 0.903. The maximum absolute atomic E-state index is 12.8. The highest BCUT2D eigenvalue weighted by atomic mass is 16.2. The second-order valence-corrected chi connectivity index (χ2v) is 7.70. The molecule has 0 bridgehead atoms. The van der Waals surface area contributed by atoms with Crippen molar-refractivity contribution in [2.45, 2.75) is 51.6 Å². The van der Waals surface area contributed by atoms with Crippen molar-refractivity contribution in [1.82, 2.24) is 19.7 Å². The number of hydrogen-bond donors (Lipinski definition) is 1. The van der Waals surface area contributed by atoms with Crippen LogP contribution in [-0.4, -0.2) is 38.2 Å². The average Bonchev–Trinajstić information content (AvgIpc) is 3.04. The van der Waals surface area contributed by atoms with Gasteiger partial charge < -0.3 is 9.88 Å². The van der Waals surface area contributed by atoms with Crippen LogP contribution in [0.5, 0.6) is 0 Å². The Morgan fingerprint density at radius 3 is 2.73 bits per heavy atom. The first-order chi connectivity index (χ1) is 12.3. The summed E-state index contributed by atoms with van der Waals surface area (Å²) >= 11 is 0. The number of hydrogen-bond acceptors (Lipinski definition) is 4. The molecule has 7 nitrogen and oxygen atoms in total. The normalized spacial score (nSPS) is 17.5. The standard InChI is InChI=1S/C19H24N4O3/c1-19(2,3)15-8-9-16(24)23(21-15)12-13-6-5-11-22(13)18(26)14-7-4-10-20-17(14)25/h4,7-10,13H,5-6,11-12H2,1-3H3,(H,20,25). The fourth-order valence-corrected chi connectivity index (χ4v) is 3.22. The van der Waals surface area contributed by atoms with Crippen LogP contribution >= 0.6 is 0 Å². The zero-order valence-corrected chi connectivity index (χ0v) is 15.4. The molecule has 2 aromatic rings. The highest BCUT2D eigenvalue weighted by Gasteiger charge is 2.31. The lowest BCUT2D eigenvalue weighted by Gasteiger charge is -2.25. The first-order valence-electron chi connectivity index (χ1n) is 8.85. The van der Waals surface area contributed by atoms with E-state index in [0.29, 0.717) is 13.1 Å². The third-order valence-corrected chi connectivity index (χ3v) is 4.71. The molecule has 1 amide bonds. The monoisotopic (exact) mass is 356 g/mol. The van der Waals surface area contributed by atoms with Gasteiger partial charge in [0, 0.05) is 24.2 Å². The number of carbonyl (C=O) groups excluding carboxylic acids is 1. The number of nitrogens with one attached hydrogen (secondary N) is 1. The first-order valence-corrected chi connectivity index (χ1v) is 8.85. The third kappa shape index (κ3) is 3.61. The lowest BCUT2D eigenvalue weighted by atomic mass is 9.92. The van der Waals surface area contributed by atoms with Gasteiger partial charge in [0.1, 0.15) is 5.56 Å². The van der Waals surface area contributed by atoms with Gasteiger partial charge in [-0.2, -0.15) is 5.10 Å². The third-order valence-electron chi connectivity index (χ3n) is 4.71. The topological polar surface area (TPSA) is 88.1 Å². The number of aromatic nitrogens is 3. The lowest BCUT2D eigenvalue weighted by Crippen LogP contribution is -2.42. The van der Waals surface area contributed by atoms with Gasteiger partial charge >= 0.3 is 0 Å². The summed E-state index contributed by atoms with van der Waals surface area (Å²) in [6.07, 6.45) is 3.13. The van der Waals surface area contributed by atoms with E-state index in [4.69, 9.17) is 0 Å². The van der Waals surface area contributed by atoms with Gasteiger partial charge in [0.15, 0.2) is 0 Å². The maximum atomic E-state index is 12.8. The van der Waals surface area contributed by atoms with E-state index in [-0.39, 0.29) is 28.5 Å². The van der Waals surface area contributed by atoms with Crippen molar-refractivity contribution in [2.75, 3.05) is 6.54 Å². The van der Waals surface area contributed by atoms with Crippen LogP contribution in [0.25, 0.3) is 0 Å². The van der Waals surface area contributed by atoms with E-state index in [1.807, 2.05) is 20.8 Å². The molecule has 1 aliphatic heterocycles. The van der Waals surface area contributed by atoms with Gasteiger partial charge in [-0.25, -0.2) is 4.68 Å². The van der Waals surface area contributed by atoms with Gasteiger partial charge in [-0.1, -0.05) is 20.8 Å². The molecule has 1 N–H and O–H groups in total. The van der Waals surface area contributed by atoms with Crippen LogP contribution in [-0.2, 0) is 12.0 Å². The second-order valence-electron chi connectivity index (χ2n) is 7.70. The number of nitrogens with zero attached hydrogens (tertiary/aromatic N) is 3. The van der Waals surface area contributed by atoms with Crippen molar-refractivity contribution in [3.8, 4) is 0 Å². The highest BCUT2D eigenvalue weighted by Crippen LogP contribution is 2.21. The van der Waals surface area contributed by atoms with Crippen molar-refractivity contribution >= 4 is 5.91 Å². The van der Waals surface area contributed by atoms with Crippen LogP contribution in [0.15, 0.2) is 40.1 Å². The zero-order chi connectivity index (χ0) is 18.9. The molecule has 1 atom stereocenters. The summed E-state index contributed by atoms with van der Waals surface area (Å²) in [5.74, 6) is -0.297. The number of rotatable bonds is 3. The van der Waals surface area contributed by atoms with Crippen molar-refractivity contribution < 1.29 is 4.79 Å². The van der Waals surface area contributed by atoms with Gasteiger partial charge in [-0.05, 0) is 31.0 Å². The fraction of sp³-hybridized carbons (Fsp3) is 0.474. The minimum atomic E-state index is -0.395. The molecule has 2 aromatic heterocycles. The van der Waals surface area contributed by atoms with Crippen LogP contribution in [0.4, 0.5) is 0 Å². The fourth-order valence-electron chi connectivity index (χ4n) is 3.22. The Balaban J connectivity index is 1.86. The van der Waals surface area contributed by atoms with Gasteiger partial charge in [0.05, 0.1) is 18.3 Å². The molecule has 7 heteroatoms. The number of H-pyrrole nitrogens is 1. The van der Waals surface area contributed by atoms with E-state index in [1.165, 1.54) is 23.0 Å². The summed E-state index contributed by atoms with van der Waals surface area (Å²) in [5, 5.41) is 4.49. The summed E-state index contributed by atoms with van der Waals surface area (Å²) in [7, 11) is 0. The number of aromatic amines is 1. The predicted molar refractivity (Wildman–Crippen MR) is 98.3 cm³/mol. The van der Waals surface area contributed by atoms with E-state index in [9.17, 15) is 14.4 Å². The molecule has 1 unspecified atom stereocenters. The molecule has 0 aliphatic carbocycles. The Morgan fingerprint density at radius 2 is 2.04 bits per heavy atom. The molecule has 1 aliphatic rings. The van der Waals surface area contributed by atoms with E-state index in [0.717, 1.165) is 18.5 Å². The molecule has 0 radical (unpaired) electrons. The van der Waals surface area contributed by atoms with Crippen LogP contribution in [0.1, 0.15) is 49.7 Å². The molecule has 3 heterocycles. The summed E-state index contributed by atoms with van der Waals surface area (Å²) in [4.78, 5) is 41.1. The van der Waals surface area contributed by atoms with Crippen LogP contribution in [0, 0.1) is 0 Å². The summed E-state index contributed by atoms with van der Waals surface area (Å²) in [5.41, 5.74) is 0.205. The number of carbonyl (C=O) groups is 1. The smallest absolute Gasteiger partial charge is 0.266 e. The molecule has 0 spiro atoms. The van der Waals surface area contributed by atoms with E-state index >= 15 is 0 Å². The Kier molecular flexibility index (Phi) is 4.80. The van der Waals surface area contributed by atoms with Gasteiger partial charge in [-0.3, -0.25) is 14.4 Å². The molecular weight excluding hydrogens is 332 g/mol. The molecule has 0 aromatic carbocycles. The molecule has 26 heavy (non-hydrogen) atoms. The molecule has 1 saturated heterocycles. The van der Waals surface area contributed by atoms with Crippen molar-refractivity contribution in [3.63, 3.8) is 0 Å². The van der Waals surface area contributed by atoms with Crippen LogP contribution in [0.3, 0.4) is 0 Å². The number of pyridine rings is 1. The summed E-state index contributed by atoms with van der Waals surface area (Å²) < 4.78 is 1.44. The second kappa shape index (κ2) is 6.90. The first kappa shape index (κ1) is 18.1. The van der Waals surface area contributed by atoms with Crippen molar-refractivity contribution in [3.05, 3.63) is 62.4 Å². The lowest BCUT2D eigenvalue weighted by molar-refractivity contribution is 0.0718. The Bertz CT molecular complexity index is 923. The van der Waals surface area contributed by atoms with Gasteiger partial charge in [-0.15, -0.1) is 0 Å². The molecule has 0 saturated carbocycles. The Morgan fingerprint density at radius 1 is 1.27 bits per heavy atom. The number of amides is 1. The van der Waals surface area contributed by atoms with Gasteiger partial charge in [0.25, 0.3) is 17.0 Å². The molecule has 3 rings (SSSR count). The molecular formula is C19H24N4O3. The molecule has 138 valence electrons.